The van der Waals surface area contributed by atoms with Gasteiger partial charge in [0.25, 0.3) is 0 Å². The third-order valence-electron chi connectivity index (χ3n) is 5.57. The first kappa shape index (κ1) is 22.4. The first-order chi connectivity index (χ1) is 16.1. The molecule has 0 fully saturated rings. The van der Waals surface area contributed by atoms with Gasteiger partial charge in [-0.3, -0.25) is 4.79 Å². The largest absolute Gasteiger partial charge is 0.494 e. The van der Waals surface area contributed by atoms with E-state index in [0.717, 1.165) is 5.56 Å². The molecule has 4 aromatic rings. The molecule has 0 spiro atoms. The van der Waals surface area contributed by atoms with E-state index in [0.29, 0.717) is 41.9 Å². The summed E-state index contributed by atoms with van der Waals surface area (Å²) in [6, 6.07) is 29.2. The number of hydrogen-bond donors (Lipinski definition) is 0. The molecule has 4 aromatic carbocycles. The minimum absolute atomic E-state index is 0.0113. The van der Waals surface area contributed by atoms with Gasteiger partial charge in [-0.05, 0) is 65.9 Å². The number of carbonyl (C=O) groups is 1. The van der Waals surface area contributed by atoms with Crippen LogP contribution in [0.2, 0.25) is 0 Å². The van der Waals surface area contributed by atoms with Crippen molar-refractivity contribution in [3.8, 4) is 16.9 Å². The number of halogens is 2. The Morgan fingerprint density at radius 1 is 0.758 bits per heavy atom. The van der Waals surface area contributed by atoms with Crippen molar-refractivity contribution >= 4 is 5.78 Å². The Morgan fingerprint density at radius 2 is 1.48 bits per heavy atom. The van der Waals surface area contributed by atoms with Crippen molar-refractivity contribution in [3.63, 3.8) is 0 Å². The predicted octanol–water partition coefficient (Wildman–Crippen LogP) is 7.46. The molecule has 0 aliphatic rings. The molecule has 0 radical (unpaired) electrons. The smallest absolute Gasteiger partial charge is 0.170 e. The lowest BCUT2D eigenvalue weighted by Crippen LogP contribution is -2.15. The van der Waals surface area contributed by atoms with Crippen molar-refractivity contribution in [1.29, 1.82) is 0 Å². The second kappa shape index (κ2) is 10.7. The lowest BCUT2D eigenvalue weighted by molar-refractivity contribution is 0.0952. The normalized spacial score (nSPS) is 11.7. The maximum atomic E-state index is 13.9. The monoisotopic (exact) mass is 442 g/mol. The molecule has 166 valence electrons. The quantitative estimate of drug-likeness (QED) is 0.199. The summed E-state index contributed by atoms with van der Waals surface area (Å²) >= 11 is 0. The minimum atomic E-state index is -0.363. The van der Waals surface area contributed by atoms with Crippen LogP contribution in [0.5, 0.6) is 5.75 Å². The van der Waals surface area contributed by atoms with Gasteiger partial charge < -0.3 is 4.74 Å². The van der Waals surface area contributed by atoms with Gasteiger partial charge in [0.1, 0.15) is 17.4 Å². The highest BCUT2D eigenvalue weighted by atomic mass is 19.1. The Kier molecular flexibility index (Phi) is 7.26. The summed E-state index contributed by atoms with van der Waals surface area (Å²) in [6.45, 7) is 0.411. The summed E-state index contributed by atoms with van der Waals surface area (Å²) < 4.78 is 32.7. The summed E-state index contributed by atoms with van der Waals surface area (Å²) in [5.41, 5.74) is 2.88. The van der Waals surface area contributed by atoms with E-state index in [1.165, 1.54) is 24.3 Å². The van der Waals surface area contributed by atoms with Gasteiger partial charge in [-0.1, -0.05) is 66.7 Å². The van der Waals surface area contributed by atoms with Gasteiger partial charge in [0.2, 0.25) is 0 Å². The number of rotatable bonds is 9. The summed E-state index contributed by atoms with van der Waals surface area (Å²) in [7, 11) is 0. The van der Waals surface area contributed by atoms with Crippen LogP contribution in [0, 0.1) is 11.6 Å². The number of carbonyl (C=O) groups excluding carboxylic acids is 1. The molecule has 1 atom stereocenters. The van der Waals surface area contributed by atoms with Crippen molar-refractivity contribution < 1.29 is 18.3 Å². The van der Waals surface area contributed by atoms with Crippen LogP contribution in [-0.2, 0) is 0 Å². The van der Waals surface area contributed by atoms with Crippen LogP contribution in [0.15, 0.2) is 103 Å². The third kappa shape index (κ3) is 5.72. The molecular weight excluding hydrogens is 418 g/mol. The number of ketones is 1. The van der Waals surface area contributed by atoms with Gasteiger partial charge in [-0.25, -0.2) is 8.78 Å². The van der Waals surface area contributed by atoms with Crippen LogP contribution in [0.25, 0.3) is 11.1 Å². The van der Waals surface area contributed by atoms with Crippen LogP contribution in [-0.4, -0.2) is 12.4 Å². The molecule has 0 aliphatic carbocycles. The molecule has 0 saturated carbocycles. The molecule has 0 N–H and O–H groups in total. The molecule has 0 amide bonds. The van der Waals surface area contributed by atoms with E-state index in [4.69, 9.17) is 4.74 Å². The second-order valence-electron chi connectivity index (χ2n) is 7.83. The van der Waals surface area contributed by atoms with Crippen molar-refractivity contribution in [2.24, 2.45) is 0 Å². The molecule has 4 rings (SSSR count). The van der Waals surface area contributed by atoms with E-state index in [9.17, 15) is 13.6 Å². The first-order valence-electron chi connectivity index (χ1n) is 10.9. The lowest BCUT2D eigenvalue weighted by Gasteiger charge is -2.19. The SMILES string of the molecule is O=C(c1ccccc1-c1cccc(F)c1)C(CCCOc1ccc(F)cc1)c1ccccc1. The molecule has 0 heterocycles. The van der Waals surface area contributed by atoms with Crippen LogP contribution >= 0.6 is 0 Å². The highest BCUT2D eigenvalue weighted by Crippen LogP contribution is 2.31. The Hall–Kier alpha value is -3.79. The summed E-state index contributed by atoms with van der Waals surface area (Å²) in [4.78, 5) is 13.7. The average molecular weight is 443 g/mol. The van der Waals surface area contributed by atoms with E-state index in [1.54, 1.807) is 24.3 Å². The third-order valence-corrected chi connectivity index (χ3v) is 5.57. The van der Waals surface area contributed by atoms with Crippen LogP contribution in [0.3, 0.4) is 0 Å². The van der Waals surface area contributed by atoms with Crippen LogP contribution in [0.1, 0.15) is 34.7 Å². The molecule has 0 aliphatic heterocycles. The molecule has 33 heavy (non-hydrogen) atoms. The fourth-order valence-corrected chi connectivity index (χ4v) is 3.94. The number of Topliss-reactive ketones (excluding diaryl/α,β-unsaturated/α-hetero) is 1. The van der Waals surface area contributed by atoms with Gasteiger partial charge >= 0.3 is 0 Å². The average Bonchev–Trinajstić information content (AvgIpc) is 2.85. The van der Waals surface area contributed by atoms with Crippen molar-refractivity contribution in [1.82, 2.24) is 0 Å². The highest BCUT2D eigenvalue weighted by Gasteiger charge is 2.24. The van der Waals surface area contributed by atoms with E-state index < -0.39 is 0 Å². The zero-order valence-electron chi connectivity index (χ0n) is 18.1. The predicted molar refractivity (Wildman–Crippen MR) is 126 cm³/mol. The van der Waals surface area contributed by atoms with Crippen LogP contribution in [0.4, 0.5) is 8.78 Å². The highest BCUT2D eigenvalue weighted by molar-refractivity contribution is 6.06. The van der Waals surface area contributed by atoms with E-state index in [2.05, 4.69) is 0 Å². The number of hydrogen-bond acceptors (Lipinski definition) is 2. The summed E-state index contributed by atoms with van der Waals surface area (Å²) in [6.07, 6.45) is 1.23. The number of ether oxygens (including phenoxy) is 1. The number of benzene rings is 4. The molecule has 4 heteroatoms. The molecule has 0 bridgehead atoms. The van der Waals surface area contributed by atoms with E-state index in [1.807, 2.05) is 54.6 Å². The zero-order chi connectivity index (χ0) is 23.0. The Bertz CT molecular complexity index is 1200. The molecule has 2 nitrogen and oxygen atoms in total. The van der Waals surface area contributed by atoms with Crippen LogP contribution < -0.4 is 4.74 Å². The maximum Gasteiger partial charge on any atom is 0.170 e. The summed E-state index contributed by atoms with van der Waals surface area (Å²) in [5.74, 6) is -0.433. The fraction of sp³-hybridized carbons (Fsp3) is 0.138. The van der Waals surface area contributed by atoms with Gasteiger partial charge in [0.05, 0.1) is 6.61 Å². The summed E-state index contributed by atoms with van der Waals surface area (Å²) in [5, 5.41) is 0. The molecular formula is C29H24F2O2. The second-order valence-corrected chi connectivity index (χ2v) is 7.83. The Balaban J connectivity index is 1.55. The lowest BCUT2D eigenvalue weighted by atomic mass is 9.84. The zero-order valence-corrected chi connectivity index (χ0v) is 18.1. The molecule has 0 saturated heterocycles. The van der Waals surface area contributed by atoms with Crippen molar-refractivity contribution in [2.45, 2.75) is 18.8 Å². The topological polar surface area (TPSA) is 26.3 Å². The van der Waals surface area contributed by atoms with Gasteiger partial charge in [0, 0.05) is 11.5 Å². The van der Waals surface area contributed by atoms with Crippen molar-refractivity contribution in [2.75, 3.05) is 6.61 Å². The van der Waals surface area contributed by atoms with Gasteiger partial charge in [0.15, 0.2) is 5.78 Å². The first-order valence-corrected chi connectivity index (χ1v) is 10.9. The molecule has 0 aromatic heterocycles. The Labute approximate surface area is 192 Å². The van der Waals surface area contributed by atoms with Crippen molar-refractivity contribution in [3.05, 3.63) is 126 Å². The van der Waals surface area contributed by atoms with Gasteiger partial charge in [-0.15, -0.1) is 0 Å². The van der Waals surface area contributed by atoms with E-state index >= 15 is 0 Å². The molecule has 1 unspecified atom stereocenters. The van der Waals surface area contributed by atoms with Gasteiger partial charge in [-0.2, -0.15) is 0 Å². The van der Waals surface area contributed by atoms with E-state index in [-0.39, 0.29) is 23.3 Å². The fourth-order valence-electron chi connectivity index (χ4n) is 3.94. The standard InChI is InChI=1S/C29H24F2O2/c30-23-15-17-25(18-16-23)33-19-7-14-27(21-8-2-1-3-9-21)29(32)28-13-5-4-12-26(28)22-10-6-11-24(31)20-22/h1-6,8-13,15-18,20,27H,7,14,19H2. The Morgan fingerprint density at radius 3 is 2.24 bits per heavy atom. The maximum absolute atomic E-state index is 13.9. The minimum Gasteiger partial charge on any atom is -0.494 e.